The third kappa shape index (κ3) is 2.22. The van der Waals surface area contributed by atoms with Crippen LogP contribution in [-0.2, 0) is 13.1 Å². The molecule has 0 fully saturated rings. The molecule has 98 valence electrons. The van der Waals surface area contributed by atoms with Gasteiger partial charge >= 0.3 is 0 Å². The molecule has 3 heteroatoms. The average Bonchev–Trinajstić information content (AvgIpc) is 2.82. The van der Waals surface area contributed by atoms with Crippen molar-refractivity contribution in [3.05, 3.63) is 65.0 Å². The summed E-state index contributed by atoms with van der Waals surface area (Å²) in [5, 5.41) is 9.81. The van der Waals surface area contributed by atoms with Crippen LogP contribution in [0.4, 0.5) is 10.1 Å². The first-order chi connectivity index (χ1) is 9.15. The zero-order valence-electron chi connectivity index (χ0n) is 10.8. The highest BCUT2D eigenvalue weighted by Gasteiger charge is 2.22. The summed E-state index contributed by atoms with van der Waals surface area (Å²) in [7, 11) is 0. The summed E-state index contributed by atoms with van der Waals surface area (Å²) in [5.74, 6) is -0.309. The monoisotopic (exact) mass is 257 g/mol. The molecule has 3 rings (SSSR count). The van der Waals surface area contributed by atoms with E-state index < -0.39 is 6.10 Å². The Labute approximate surface area is 112 Å². The average molecular weight is 257 g/mol. The van der Waals surface area contributed by atoms with E-state index in [0.717, 1.165) is 18.8 Å². The van der Waals surface area contributed by atoms with Gasteiger partial charge in [0, 0.05) is 24.3 Å². The largest absolute Gasteiger partial charge is 0.389 e. The van der Waals surface area contributed by atoms with Crippen LogP contribution in [0.3, 0.4) is 0 Å². The number of rotatable bonds is 2. The Bertz CT molecular complexity index is 584. The summed E-state index contributed by atoms with van der Waals surface area (Å²) >= 11 is 0. The van der Waals surface area contributed by atoms with E-state index in [1.807, 2.05) is 12.1 Å². The van der Waals surface area contributed by atoms with Crippen molar-refractivity contribution in [3.63, 3.8) is 0 Å². The van der Waals surface area contributed by atoms with Gasteiger partial charge in [-0.25, -0.2) is 4.39 Å². The van der Waals surface area contributed by atoms with Crippen molar-refractivity contribution in [3.8, 4) is 0 Å². The molecule has 1 unspecified atom stereocenters. The molecular formula is C16H16FNO. The maximum absolute atomic E-state index is 13.3. The molecule has 2 aromatic rings. The van der Waals surface area contributed by atoms with Crippen LogP contribution in [0.15, 0.2) is 42.5 Å². The van der Waals surface area contributed by atoms with E-state index in [9.17, 15) is 9.50 Å². The molecule has 2 nitrogen and oxygen atoms in total. The van der Waals surface area contributed by atoms with Crippen LogP contribution in [-0.4, -0.2) is 5.11 Å². The molecule has 1 heterocycles. The van der Waals surface area contributed by atoms with Crippen molar-refractivity contribution in [1.82, 2.24) is 0 Å². The summed E-state index contributed by atoms with van der Waals surface area (Å²) in [6, 6.07) is 12.9. The first kappa shape index (κ1) is 12.2. The van der Waals surface area contributed by atoms with Crippen LogP contribution in [0.2, 0.25) is 0 Å². The van der Waals surface area contributed by atoms with Crippen molar-refractivity contribution < 1.29 is 9.50 Å². The molecule has 19 heavy (non-hydrogen) atoms. The van der Waals surface area contributed by atoms with Crippen LogP contribution in [0.5, 0.6) is 0 Å². The van der Waals surface area contributed by atoms with E-state index in [-0.39, 0.29) is 5.82 Å². The summed E-state index contributed by atoms with van der Waals surface area (Å²) in [6.07, 6.45) is -0.672. The normalized spacial score (nSPS) is 15.4. The molecule has 0 radical (unpaired) electrons. The maximum Gasteiger partial charge on any atom is 0.123 e. The predicted octanol–water partition coefficient (Wildman–Crippen LogP) is 3.40. The van der Waals surface area contributed by atoms with Crippen LogP contribution in [0, 0.1) is 5.82 Å². The van der Waals surface area contributed by atoms with E-state index in [1.165, 1.54) is 23.3 Å². The van der Waals surface area contributed by atoms with E-state index in [2.05, 4.69) is 17.0 Å². The van der Waals surface area contributed by atoms with Crippen molar-refractivity contribution in [2.24, 2.45) is 0 Å². The maximum atomic E-state index is 13.3. The Morgan fingerprint density at radius 1 is 1.11 bits per heavy atom. The zero-order chi connectivity index (χ0) is 13.4. The molecule has 1 aliphatic rings. The highest BCUT2D eigenvalue weighted by Crippen LogP contribution is 2.33. The number of nitrogens with zero attached hydrogens (tertiary/aromatic N) is 1. The van der Waals surface area contributed by atoms with Crippen molar-refractivity contribution in [1.29, 1.82) is 0 Å². The number of halogens is 1. The number of anilines is 1. The van der Waals surface area contributed by atoms with Crippen LogP contribution >= 0.6 is 0 Å². The van der Waals surface area contributed by atoms with Crippen LogP contribution < -0.4 is 4.90 Å². The molecule has 1 aliphatic heterocycles. The summed E-state index contributed by atoms with van der Waals surface area (Å²) in [6.45, 7) is 3.28. The summed E-state index contributed by atoms with van der Waals surface area (Å²) in [5.41, 5.74) is 4.15. The lowest BCUT2D eigenvalue weighted by molar-refractivity contribution is 0.199. The lowest BCUT2D eigenvalue weighted by Crippen LogP contribution is -2.17. The molecule has 1 atom stereocenters. The first-order valence-corrected chi connectivity index (χ1v) is 6.44. The molecule has 0 aromatic heterocycles. The number of aliphatic hydroxyl groups is 1. The second kappa shape index (κ2) is 4.67. The Morgan fingerprint density at radius 3 is 2.32 bits per heavy atom. The van der Waals surface area contributed by atoms with Gasteiger partial charge in [0.1, 0.15) is 5.82 Å². The highest BCUT2D eigenvalue weighted by molar-refractivity contribution is 5.58. The lowest BCUT2D eigenvalue weighted by atomic mass is 10.1. The van der Waals surface area contributed by atoms with Crippen LogP contribution in [0.25, 0.3) is 0 Å². The minimum absolute atomic E-state index is 0.309. The topological polar surface area (TPSA) is 23.5 Å². The molecule has 0 aliphatic carbocycles. The quantitative estimate of drug-likeness (QED) is 0.891. The second-order valence-electron chi connectivity index (χ2n) is 5.00. The molecule has 0 bridgehead atoms. The lowest BCUT2D eigenvalue weighted by Gasteiger charge is -2.22. The minimum atomic E-state index is -0.672. The van der Waals surface area contributed by atoms with E-state index in [4.69, 9.17) is 0 Å². The fourth-order valence-electron chi connectivity index (χ4n) is 2.65. The van der Waals surface area contributed by atoms with Gasteiger partial charge in [0.05, 0.1) is 6.10 Å². The van der Waals surface area contributed by atoms with Gasteiger partial charge in [-0.2, -0.15) is 0 Å². The molecule has 0 amide bonds. The third-order valence-electron chi connectivity index (χ3n) is 3.62. The number of benzene rings is 2. The number of hydrogen-bond acceptors (Lipinski definition) is 2. The Hall–Kier alpha value is -1.87. The highest BCUT2D eigenvalue weighted by atomic mass is 19.1. The fourth-order valence-corrected chi connectivity index (χ4v) is 2.65. The van der Waals surface area contributed by atoms with Gasteiger partial charge in [-0.3, -0.25) is 0 Å². The SMILES string of the molecule is CC(O)c1cc(F)ccc1N1Cc2ccccc2C1. The molecular weight excluding hydrogens is 241 g/mol. The van der Waals surface area contributed by atoms with Gasteiger partial charge in [-0.05, 0) is 36.2 Å². The number of hydrogen-bond donors (Lipinski definition) is 1. The van der Waals surface area contributed by atoms with Gasteiger partial charge in [0.2, 0.25) is 0 Å². The number of aliphatic hydroxyl groups excluding tert-OH is 1. The number of fused-ring (bicyclic) bond motifs is 1. The van der Waals surface area contributed by atoms with Crippen LogP contribution in [0.1, 0.15) is 29.7 Å². The first-order valence-electron chi connectivity index (χ1n) is 6.44. The van der Waals surface area contributed by atoms with E-state index in [1.54, 1.807) is 13.0 Å². The summed E-state index contributed by atoms with van der Waals surface area (Å²) < 4.78 is 13.3. The van der Waals surface area contributed by atoms with Gasteiger partial charge in [-0.1, -0.05) is 24.3 Å². The molecule has 0 saturated carbocycles. The Morgan fingerprint density at radius 2 is 1.74 bits per heavy atom. The Balaban J connectivity index is 1.97. The van der Waals surface area contributed by atoms with Gasteiger partial charge in [0.15, 0.2) is 0 Å². The molecule has 1 N–H and O–H groups in total. The van der Waals surface area contributed by atoms with Crippen molar-refractivity contribution in [2.45, 2.75) is 26.1 Å². The standard InChI is InChI=1S/C16H16FNO/c1-11(19)15-8-14(17)6-7-16(15)18-9-12-4-2-3-5-13(12)10-18/h2-8,11,19H,9-10H2,1H3. The van der Waals surface area contributed by atoms with E-state index >= 15 is 0 Å². The molecule has 0 saturated heterocycles. The van der Waals surface area contributed by atoms with Crippen molar-refractivity contribution >= 4 is 5.69 Å². The summed E-state index contributed by atoms with van der Waals surface area (Å²) in [4.78, 5) is 2.17. The zero-order valence-corrected chi connectivity index (χ0v) is 10.8. The third-order valence-corrected chi connectivity index (χ3v) is 3.62. The molecule has 2 aromatic carbocycles. The Kier molecular flexibility index (Phi) is 2.99. The predicted molar refractivity (Wildman–Crippen MR) is 73.4 cm³/mol. The second-order valence-corrected chi connectivity index (χ2v) is 5.00. The van der Waals surface area contributed by atoms with Gasteiger partial charge in [0.25, 0.3) is 0 Å². The smallest absolute Gasteiger partial charge is 0.123 e. The van der Waals surface area contributed by atoms with Gasteiger partial charge < -0.3 is 10.0 Å². The van der Waals surface area contributed by atoms with Gasteiger partial charge in [-0.15, -0.1) is 0 Å². The minimum Gasteiger partial charge on any atom is -0.389 e. The van der Waals surface area contributed by atoms with E-state index in [0.29, 0.717) is 5.56 Å². The van der Waals surface area contributed by atoms with Crippen molar-refractivity contribution in [2.75, 3.05) is 4.90 Å². The fraction of sp³-hybridized carbons (Fsp3) is 0.250. The molecule has 0 spiro atoms.